The van der Waals surface area contributed by atoms with E-state index in [1.54, 1.807) is 23.1 Å². The quantitative estimate of drug-likeness (QED) is 0.430. The molecule has 1 aliphatic heterocycles. The van der Waals surface area contributed by atoms with Gasteiger partial charge in [0.2, 0.25) is 0 Å². The molecule has 0 aromatic heterocycles. The molecule has 170 valence electrons. The maximum absolute atomic E-state index is 13.5. The predicted molar refractivity (Wildman–Crippen MR) is 135 cm³/mol. The minimum atomic E-state index is -1.89. The number of fused-ring (bicyclic) bond motifs is 1. The van der Waals surface area contributed by atoms with Crippen molar-refractivity contribution in [1.29, 1.82) is 0 Å². The van der Waals surface area contributed by atoms with E-state index in [9.17, 15) is 14.7 Å². The smallest absolute Gasteiger partial charge is 0.264 e. The number of hydrogen-bond donors (Lipinski definition) is 1. The maximum atomic E-state index is 13.5. The molecule has 1 N–H and O–H groups in total. The largest absolute Gasteiger partial charge is 0.375 e. The normalized spacial score (nSPS) is 17.8. The van der Waals surface area contributed by atoms with Gasteiger partial charge in [-0.3, -0.25) is 9.59 Å². The number of carbonyl (C=O) groups is 2. The van der Waals surface area contributed by atoms with Gasteiger partial charge in [0.1, 0.15) is 0 Å². The van der Waals surface area contributed by atoms with Gasteiger partial charge in [0.15, 0.2) is 11.4 Å². The van der Waals surface area contributed by atoms with Crippen LogP contribution in [-0.4, -0.2) is 23.3 Å². The minimum Gasteiger partial charge on any atom is -0.375 e. The van der Waals surface area contributed by atoms with Crippen LogP contribution < -0.4 is 4.90 Å². The van der Waals surface area contributed by atoms with Crippen LogP contribution in [0.25, 0.3) is 0 Å². The number of rotatable bonds is 6. The molecule has 4 rings (SSSR count). The summed E-state index contributed by atoms with van der Waals surface area (Å²) < 4.78 is 0.749. The highest BCUT2D eigenvalue weighted by molar-refractivity contribution is 9.10. The van der Waals surface area contributed by atoms with Crippen molar-refractivity contribution in [3.63, 3.8) is 0 Å². The number of carbonyl (C=O) groups excluding carboxylic acids is 2. The third-order valence-corrected chi connectivity index (χ3v) is 6.74. The zero-order valence-electron chi connectivity index (χ0n) is 19.1. The Labute approximate surface area is 203 Å². The van der Waals surface area contributed by atoms with Crippen molar-refractivity contribution >= 4 is 33.3 Å². The zero-order valence-corrected chi connectivity index (χ0v) is 20.7. The van der Waals surface area contributed by atoms with Gasteiger partial charge in [0.25, 0.3) is 5.91 Å². The number of halogens is 1. The summed E-state index contributed by atoms with van der Waals surface area (Å²) in [5.41, 5.74) is 1.92. The minimum absolute atomic E-state index is 0.0222. The highest BCUT2D eigenvalue weighted by atomic mass is 79.9. The van der Waals surface area contributed by atoms with Crippen LogP contribution in [0.15, 0.2) is 77.3 Å². The van der Waals surface area contributed by atoms with E-state index >= 15 is 0 Å². The molecule has 4 nitrogen and oxygen atoms in total. The first kappa shape index (κ1) is 23.4. The number of aliphatic hydroxyl groups is 1. The Hall–Kier alpha value is -2.76. The number of anilines is 1. The van der Waals surface area contributed by atoms with Gasteiger partial charge < -0.3 is 10.0 Å². The summed E-state index contributed by atoms with van der Waals surface area (Å²) in [4.78, 5) is 28.2. The molecule has 1 atom stereocenters. The first-order valence-electron chi connectivity index (χ1n) is 11.1. The van der Waals surface area contributed by atoms with Crippen LogP contribution in [0.1, 0.15) is 54.2 Å². The fraction of sp³-hybridized carbons (Fsp3) is 0.286. The molecule has 1 heterocycles. The monoisotopic (exact) mass is 505 g/mol. The second-order valence-electron chi connectivity index (χ2n) is 9.64. The molecule has 0 bridgehead atoms. The summed E-state index contributed by atoms with van der Waals surface area (Å²) >= 11 is 3.44. The van der Waals surface area contributed by atoms with Gasteiger partial charge in [-0.2, -0.15) is 0 Å². The summed E-state index contributed by atoms with van der Waals surface area (Å²) in [5.74, 6) is -0.715. The van der Waals surface area contributed by atoms with Crippen LogP contribution in [0.2, 0.25) is 0 Å². The molecule has 0 saturated heterocycles. The molecule has 1 aliphatic rings. The van der Waals surface area contributed by atoms with Crippen molar-refractivity contribution in [2.75, 3.05) is 11.4 Å². The van der Waals surface area contributed by atoms with Crippen LogP contribution in [0, 0.1) is 0 Å². The molecule has 3 aromatic carbocycles. The van der Waals surface area contributed by atoms with Crippen molar-refractivity contribution in [2.45, 2.75) is 44.6 Å². The molecule has 3 aromatic rings. The lowest BCUT2D eigenvalue weighted by molar-refractivity contribution is -0.135. The number of nitrogens with zero attached hydrogens (tertiary/aromatic N) is 1. The first-order valence-corrected chi connectivity index (χ1v) is 11.9. The average Bonchev–Trinajstić information content (AvgIpc) is 2.98. The van der Waals surface area contributed by atoms with E-state index in [2.05, 4.69) is 36.7 Å². The second-order valence-corrected chi connectivity index (χ2v) is 10.6. The van der Waals surface area contributed by atoms with Crippen molar-refractivity contribution in [1.82, 2.24) is 0 Å². The van der Waals surface area contributed by atoms with Crippen molar-refractivity contribution < 1.29 is 14.7 Å². The fourth-order valence-corrected chi connectivity index (χ4v) is 4.65. The Balaban J connectivity index is 1.61. The molecule has 0 saturated carbocycles. The Morgan fingerprint density at radius 2 is 1.67 bits per heavy atom. The van der Waals surface area contributed by atoms with E-state index in [-0.39, 0.29) is 17.6 Å². The number of amides is 1. The van der Waals surface area contributed by atoms with Crippen molar-refractivity contribution in [3.8, 4) is 0 Å². The second kappa shape index (κ2) is 8.88. The van der Waals surface area contributed by atoms with Gasteiger partial charge in [-0.15, -0.1) is 0 Å². The first-order chi connectivity index (χ1) is 15.6. The zero-order chi connectivity index (χ0) is 23.8. The van der Waals surface area contributed by atoms with Gasteiger partial charge >= 0.3 is 0 Å². The lowest BCUT2D eigenvalue weighted by Crippen LogP contribution is -2.42. The Kier molecular flexibility index (Phi) is 6.30. The van der Waals surface area contributed by atoms with Crippen LogP contribution in [0.3, 0.4) is 0 Å². The average molecular weight is 506 g/mol. The highest BCUT2D eigenvalue weighted by Crippen LogP contribution is 2.44. The standard InChI is InChI=1S/C28H28BrNO3/c1-27(2,3)21-11-9-20(10-12-21)25(31)18-28(33)23-17-22(29)13-14-24(23)30(26(28)32)16-15-19-7-5-4-6-8-19/h4-14,17,33H,15-16,18H2,1-3H3/t28-/m1/s1. The number of Topliss-reactive ketones (excluding diaryl/α,β-unsaturated/α-hetero) is 1. The van der Waals surface area contributed by atoms with E-state index in [0.29, 0.717) is 29.8 Å². The van der Waals surface area contributed by atoms with E-state index in [1.165, 1.54) is 0 Å². The lowest BCUT2D eigenvalue weighted by atomic mass is 9.85. The van der Waals surface area contributed by atoms with Gasteiger partial charge in [-0.25, -0.2) is 0 Å². The topological polar surface area (TPSA) is 57.6 Å². The third kappa shape index (κ3) is 4.66. The van der Waals surface area contributed by atoms with Gasteiger partial charge in [0, 0.05) is 22.1 Å². The highest BCUT2D eigenvalue weighted by Gasteiger charge is 2.50. The number of ketones is 1. The van der Waals surface area contributed by atoms with Crippen LogP contribution >= 0.6 is 15.9 Å². The van der Waals surface area contributed by atoms with Crippen LogP contribution in [0.5, 0.6) is 0 Å². The summed E-state index contributed by atoms with van der Waals surface area (Å²) in [6, 6.07) is 22.7. The SMILES string of the molecule is CC(C)(C)c1ccc(C(=O)C[C@]2(O)C(=O)N(CCc3ccccc3)c3ccc(Br)cc32)cc1. The van der Waals surface area contributed by atoms with Crippen molar-refractivity contribution in [2.24, 2.45) is 0 Å². The molecule has 33 heavy (non-hydrogen) atoms. The van der Waals surface area contributed by atoms with Gasteiger partial charge in [-0.05, 0) is 41.2 Å². The third-order valence-electron chi connectivity index (χ3n) is 6.25. The van der Waals surface area contributed by atoms with Crippen LogP contribution in [0.4, 0.5) is 5.69 Å². The summed E-state index contributed by atoms with van der Waals surface area (Å²) in [5, 5.41) is 11.6. The van der Waals surface area contributed by atoms with Crippen molar-refractivity contribution in [3.05, 3.63) is 99.5 Å². The molecule has 0 spiro atoms. The summed E-state index contributed by atoms with van der Waals surface area (Å²) in [7, 11) is 0. The molecule has 0 radical (unpaired) electrons. The molecular weight excluding hydrogens is 478 g/mol. The number of benzene rings is 3. The summed E-state index contributed by atoms with van der Waals surface area (Å²) in [6.07, 6.45) is 0.354. The number of hydrogen-bond acceptors (Lipinski definition) is 3. The fourth-order valence-electron chi connectivity index (χ4n) is 4.29. The predicted octanol–water partition coefficient (Wildman–Crippen LogP) is 5.80. The summed E-state index contributed by atoms with van der Waals surface area (Å²) in [6.45, 7) is 6.77. The molecule has 0 aliphatic carbocycles. The van der Waals surface area contributed by atoms with E-state index < -0.39 is 11.5 Å². The Morgan fingerprint density at radius 3 is 2.30 bits per heavy atom. The molecule has 0 fully saturated rings. The maximum Gasteiger partial charge on any atom is 0.264 e. The molecule has 0 unspecified atom stereocenters. The Morgan fingerprint density at radius 1 is 1.00 bits per heavy atom. The molecular formula is C28H28BrNO3. The molecule has 5 heteroatoms. The lowest BCUT2D eigenvalue weighted by Gasteiger charge is -2.23. The van der Waals surface area contributed by atoms with E-state index in [0.717, 1.165) is 15.6 Å². The van der Waals surface area contributed by atoms with Gasteiger partial charge in [0.05, 0.1) is 12.1 Å². The Bertz CT molecular complexity index is 1180. The van der Waals surface area contributed by atoms with E-state index in [4.69, 9.17) is 0 Å². The van der Waals surface area contributed by atoms with E-state index in [1.807, 2.05) is 54.6 Å². The van der Waals surface area contributed by atoms with Gasteiger partial charge in [-0.1, -0.05) is 91.3 Å². The molecule has 1 amide bonds. The van der Waals surface area contributed by atoms with Crippen LogP contribution in [-0.2, 0) is 22.2 Å².